The molecule has 0 bridgehead atoms. The second-order valence-electron chi connectivity index (χ2n) is 4.85. The average molecular weight is 208 g/mol. The lowest BCUT2D eigenvalue weighted by Gasteiger charge is -2.27. The summed E-state index contributed by atoms with van der Waals surface area (Å²) in [7, 11) is 0. The first-order valence-electron chi connectivity index (χ1n) is 6.41. The van der Waals surface area contributed by atoms with Crippen molar-refractivity contribution in [2.24, 2.45) is 5.41 Å². The smallest absolute Gasteiger partial charge is 0.0621 e. The molecule has 1 aliphatic carbocycles. The van der Waals surface area contributed by atoms with Gasteiger partial charge >= 0.3 is 0 Å². The van der Waals surface area contributed by atoms with Crippen molar-refractivity contribution >= 4 is 0 Å². The third-order valence-corrected chi connectivity index (χ3v) is 3.81. The molecule has 1 rings (SSSR count). The molecule has 1 aliphatic rings. The number of nitrogens with one attached hydrogen (secondary N) is 1. The van der Waals surface area contributed by atoms with Crippen molar-refractivity contribution in [2.45, 2.75) is 58.3 Å². The van der Waals surface area contributed by atoms with Crippen molar-refractivity contribution in [3.8, 4) is 6.07 Å². The van der Waals surface area contributed by atoms with E-state index in [1.807, 2.05) is 0 Å². The van der Waals surface area contributed by atoms with Gasteiger partial charge in [0.05, 0.1) is 6.07 Å². The fourth-order valence-electron chi connectivity index (χ4n) is 2.59. The molecule has 0 aromatic carbocycles. The zero-order valence-corrected chi connectivity index (χ0v) is 10.0. The van der Waals surface area contributed by atoms with E-state index >= 15 is 0 Å². The number of nitriles is 1. The summed E-state index contributed by atoms with van der Waals surface area (Å²) >= 11 is 0. The maximum absolute atomic E-state index is 8.40. The molecule has 86 valence electrons. The maximum atomic E-state index is 8.40. The number of unbranched alkanes of at least 4 members (excludes halogenated alkanes) is 2. The third kappa shape index (κ3) is 4.22. The Kier molecular flexibility index (Phi) is 5.71. The Labute approximate surface area is 94.1 Å². The lowest BCUT2D eigenvalue weighted by molar-refractivity contribution is 0.268. The van der Waals surface area contributed by atoms with Crippen LogP contribution in [0.5, 0.6) is 0 Å². The van der Waals surface area contributed by atoms with Crippen LogP contribution >= 0.6 is 0 Å². The molecular formula is C13H24N2. The Morgan fingerprint density at radius 3 is 2.60 bits per heavy atom. The number of hydrogen-bond donors (Lipinski definition) is 1. The van der Waals surface area contributed by atoms with Crippen LogP contribution in [0.3, 0.4) is 0 Å². The molecule has 2 nitrogen and oxygen atoms in total. The SMILES string of the molecule is CCC1(CNCCCCC#N)CCCC1. The normalized spacial score (nSPS) is 18.9. The maximum Gasteiger partial charge on any atom is 0.0621 e. The fraction of sp³-hybridized carbons (Fsp3) is 0.923. The van der Waals surface area contributed by atoms with Gasteiger partial charge in [-0.05, 0) is 44.1 Å². The zero-order valence-electron chi connectivity index (χ0n) is 10.0. The highest BCUT2D eigenvalue weighted by molar-refractivity contribution is 4.85. The van der Waals surface area contributed by atoms with Crippen molar-refractivity contribution in [3.05, 3.63) is 0 Å². The Bertz CT molecular complexity index is 199. The summed E-state index contributed by atoms with van der Waals surface area (Å²) in [5.74, 6) is 0. The summed E-state index contributed by atoms with van der Waals surface area (Å²) in [6.45, 7) is 4.60. The van der Waals surface area contributed by atoms with E-state index in [0.29, 0.717) is 11.8 Å². The van der Waals surface area contributed by atoms with Crippen LogP contribution in [0, 0.1) is 16.7 Å². The quantitative estimate of drug-likeness (QED) is 0.652. The Morgan fingerprint density at radius 2 is 2.00 bits per heavy atom. The highest BCUT2D eigenvalue weighted by Gasteiger charge is 2.31. The fourth-order valence-corrected chi connectivity index (χ4v) is 2.59. The van der Waals surface area contributed by atoms with Crippen LogP contribution in [0.1, 0.15) is 58.3 Å². The van der Waals surface area contributed by atoms with Gasteiger partial charge in [0.2, 0.25) is 0 Å². The predicted molar refractivity (Wildman–Crippen MR) is 63.5 cm³/mol. The molecule has 2 heteroatoms. The average Bonchev–Trinajstić information content (AvgIpc) is 2.73. The molecule has 0 spiro atoms. The first-order valence-corrected chi connectivity index (χ1v) is 6.41. The van der Waals surface area contributed by atoms with Gasteiger partial charge in [0, 0.05) is 13.0 Å². The molecule has 0 radical (unpaired) electrons. The molecule has 15 heavy (non-hydrogen) atoms. The summed E-state index contributed by atoms with van der Waals surface area (Å²) in [5.41, 5.74) is 0.606. The van der Waals surface area contributed by atoms with E-state index in [9.17, 15) is 0 Å². The predicted octanol–water partition coefficient (Wildman–Crippen LogP) is 3.24. The summed E-state index contributed by atoms with van der Waals surface area (Å²) in [6, 6.07) is 2.19. The lowest BCUT2D eigenvalue weighted by atomic mass is 9.83. The van der Waals surface area contributed by atoms with Crippen LogP contribution in [0.2, 0.25) is 0 Å². The zero-order chi connectivity index (χ0) is 11.0. The number of hydrogen-bond acceptors (Lipinski definition) is 2. The summed E-state index contributed by atoms with van der Waals surface area (Å²) in [5, 5.41) is 12.0. The molecule has 0 unspecified atom stereocenters. The Hall–Kier alpha value is -0.550. The van der Waals surface area contributed by atoms with Gasteiger partial charge in [-0.15, -0.1) is 0 Å². The largest absolute Gasteiger partial charge is 0.316 e. The Morgan fingerprint density at radius 1 is 1.27 bits per heavy atom. The van der Waals surface area contributed by atoms with E-state index in [1.54, 1.807) is 0 Å². The monoisotopic (exact) mass is 208 g/mol. The van der Waals surface area contributed by atoms with Crippen LogP contribution in [0.15, 0.2) is 0 Å². The van der Waals surface area contributed by atoms with Gasteiger partial charge in [0.25, 0.3) is 0 Å². The standard InChI is InChI=1S/C13H24N2/c1-2-13(8-4-5-9-13)12-15-11-7-3-6-10-14/h15H,2-9,11-12H2,1H3. The second-order valence-corrected chi connectivity index (χ2v) is 4.85. The van der Waals surface area contributed by atoms with E-state index in [2.05, 4.69) is 18.3 Å². The minimum absolute atomic E-state index is 0.606. The van der Waals surface area contributed by atoms with Crippen molar-refractivity contribution in [3.63, 3.8) is 0 Å². The summed E-state index contributed by atoms with van der Waals surface area (Å²) in [6.07, 6.45) is 9.88. The number of rotatable bonds is 7. The molecule has 0 aromatic heterocycles. The van der Waals surface area contributed by atoms with Gasteiger partial charge in [0.1, 0.15) is 0 Å². The van der Waals surface area contributed by atoms with Crippen LogP contribution in [-0.4, -0.2) is 13.1 Å². The van der Waals surface area contributed by atoms with Crippen LogP contribution in [0.25, 0.3) is 0 Å². The highest BCUT2D eigenvalue weighted by atomic mass is 14.9. The van der Waals surface area contributed by atoms with E-state index in [1.165, 1.54) is 38.6 Å². The molecule has 0 atom stereocenters. The van der Waals surface area contributed by atoms with Gasteiger partial charge in [-0.3, -0.25) is 0 Å². The minimum Gasteiger partial charge on any atom is -0.316 e. The van der Waals surface area contributed by atoms with E-state index in [4.69, 9.17) is 5.26 Å². The molecule has 0 amide bonds. The van der Waals surface area contributed by atoms with Gasteiger partial charge in [-0.1, -0.05) is 19.8 Å². The summed E-state index contributed by atoms with van der Waals surface area (Å²) in [4.78, 5) is 0. The lowest BCUT2D eigenvalue weighted by Crippen LogP contribution is -2.32. The third-order valence-electron chi connectivity index (χ3n) is 3.81. The second kappa shape index (κ2) is 6.85. The molecule has 1 N–H and O–H groups in total. The molecular weight excluding hydrogens is 184 g/mol. The van der Waals surface area contributed by atoms with Gasteiger partial charge in [-0.2, -0.15) is 5.26 Å². The first kappa shape index (κ1) is 12.5. The molecule has 1 saturated carbocycles. The van der Waals surface area contributed by atoms with Crippen molar-refractivity contribution < 1.29 is 0 Å². The van der Waals surface area contributed by atoms with Gasteiger partial charge < -0.3 is 5.32 Å². The topological polar surface area (TPSA) is 35.8 Å². The van der Waals surface area contributed by atoms with Gasteiger partial charge in [0.15, 0.2) is 0 Å². The molecule has 0 heterocycles. The number of nitrogens with zero attached hydrogens (tertiary/aromatic N) is 1. The minimum atomic E-state index is 0.606. The van der Waals surface area contributed by atoms with Crippen molar-refractivity contribution in [2.75, 3.05) is 13.1 Å². The van der Waals surface area contributed by atoms with E-state index < -0.39 is 0 Å². The highest BCUT2D eigenvalue weighted by Crippen LogP contribution is 2.40. The van der Waals surface area contributed by atoms with Crippen LogP contribution in [0.4, 0.5) is 0 Å². The molecule has 0 aromatic rings. The van der Waals surface area contributed by atoms with E-state index in [-0.39, 0.29) is 0 Å². The molecule has 0 aliphatic heterocycles. The molecule has 1 fully saturated rings. The van der Waals surface area contributed by atoms with Gasteiger partial charge in [-0.25, -0.2) is 0 Å². The van der Waals surface area contributed by atoms with Crippen molar-refractivity contribution in [1.82, 2.24) is 5.32 Å². The Balaban J connectivity index is 2.05. The first-order chi connectivity index (χ1) is 7.33. The van der Waals surface area contributed by atoms with Crippen LogP contribution < -0.4 is 5.32 Å². The van der Waals surface area contributed by atoms with E-state index in [0.717, 1.165) is 19.4 Å². The molecule has 0 saturated heterocycles. The van der Waals surface area contributed by atoms with Crippen molar-refractivity contribution in [1.29, 1.82) is 5.26 Å². The summed E-state index contributed by atoms with van der Waals surface area (Å²) < 4.78 is 0. The van der Waals surface area contributed by atoms with Crippen LogP contribution in [-0.2, 0) is 0 Å².